The summed E-state index contributed by atoms with van der Waals surface area (Å²) in [5.74, 6) is 0.675. The maximum Gasteiger partial charge on any atom is 0.159 e. The maximum atomic E-state index is 4.79. The van der Waals surface area contributed by atoms with Crippen LogP contribution in [0, 0.1) is 0 Å². The largest absolute Gasteiger partial charge is 0.309 e. The predicted molar refractivity (Wildman–Crippen MR) is 265 cm³/mol. The number of para-hydroxylation sites is 6. The highest BCUT2D eigenvalue weighted by molar-refractivity contribution is 6.14. The van der Waals surface area contributed by atoms with Crippen molar-refractivity contribution in [2.75, 3.05) is 0 Å². The molecule has 0 saturated heterocycles. The van der Waals surface area contributed by atoms with Crippen LogP contribution in [0.15, 0.2) is 219 Å². The normalized spacial score (nSPS) is 12.1. The van der Waals surface area contributed by atoms with Crippen molar-refractivity contribution >= 4 is 87.2 Å². The van der Waals surface area contributed by atoms with Crippen molar-refractivity contribution in [3.63, 3.8) is 0 Å². The standard InChI is InChI=1S/C58H36N6/c1-7-20-50-42(14-1)43-15-2-8-21-51(43)61(50)38-26-28-56-48(35-38)46-18-5-11-24-54(46)63(56)40-32-37(58-59-30-13-31-60-58)33-41(34-40)64-55-25-12-6-19-47(55)49-36-39(27-29-57(49)64)62-52-22-9-3-16-44(52)45-17-4-10-23-53(45)62/h1-36H. The number of rotatable bonds is 5. The van der Waals surface area contributed by atoms with Crippen molar-refractivity contribution in [3.05, 3.63) is 219 Å². The van der Waals surface area contributed by atoms with Crippen molar-refractivity contribution in [2.24, 2.45) is 0 Å². The number of aromatic nitrogens is 6. The lowest BCUT2D eigenvalue weighted by Gasteiger charge is -2.16. The van der Waals surface area contributed by atoms with Gasteiger partial charge < -0.3 is 18.3 Å². The minimum absolute atomic E-state index is 0.675. The summed E-state index contributed by atoms with van der Waals surface area (Å²) in [5.41, 5.74) is 14.6. The van der Waals surface area contributed by atoms with Gasteiger partial charge in [-0.1, -0.05) is 109 Å². The molecule has 6 heteroatoms. The first-order valence-corrected chi connectivity index (χ1v) is 21.7. The molecule has 0 aliphatic rings. The van der Waals surface area contributed by atoms with E-state index in [1.807, 2.05) is 18.5 Å². The van der Waals surface area contributed by atoms with Gasteiger partial charge in [-0.3, -0.25) is 0 Å². The molecule has 0 amide bonds. The predicted octanol–water partition coefficient (Wildman–Crippen LogP) is 14.5. The van der Waals surface area contributed by atoms with E-state index in [9.17, 15) is 0 Å². The second-order valence-electron chi connectivity index (χ2n) is 16.7. The van der Waals surface area contributed by atoms with Crippen molar-refractivity contribution < 1.29 is 0 Å². The highest BCUT2D eigenvalue weighted by Crippen LogP contribution is 2.41. The molecular formula is C58H36N6. The average molecular weight is 817 g/mol. The summed E-state index contributed by atoms with van der Waals surface area (Å²) in [7, 11) is 0. The summed E-state index contributed by atoms with van der Waals surface area (Å²) < 4.78 is 9.61. The van der Waals surface area contributed by atoms with E-state index in [4.69, 9.17) is 9.97 Å². The summed E-state index contributed by atoms with van der Waals surface area (Å²) in [6.45, 7) is 0. The van der Waals surface area contributed by atoms with Crippen LogP contribution >= 0.6 is 0 Å². The third kappa shape index (κ3) is 4.96. The summed E-state index contributed by atoms with van der Waals surface area (Å²) in [6, 6.07) is 74.8. The Labute approximate surface area is 366 Å². The summed E-state index contributed by atoms with van der Waals surface area (Å²) in [4.78, 5) is 9.58. The number of fused-ring (bicyclic) bond motifs is 12. The van der Waals surface area contributed by atoms with Crippen LogP contribution in [0.25, 0.3) is 121 Å². The second-order valence-corrected chi connectivity index (χ2v) is 16.7. The van der Waals surface area contributed by atoms with E-state index >= 15 is 0 Å². The van der Waals surface area contributed by atoms with Gasteiger partial charge >= 0.3 is 0 Å². The smallest absolute Gasteiger partial charge is 0.159 e. The van der Waals surface area contributed by atoms with Crippen LogP contribution in [0.4, 0.5) is 0 Å². The van der Waals surface area contributed by atoms with Crippen LogP contribution in [-0.2, 0) is 0 Å². The Morgan fingerprint density at radius 2 is 0.531 bits per heavy atom. The Morgan fingerprint density at radius 1 is 0.234 bits per heavy atom. The van der Waals surface area contributed by atoms with Gasteiger partial charge in [-0.05, 0) is 97.1 Å². The third-order valence-corrected chi connectivity index (χ3v) is 13.2. The van der Waals surface area contributed by atoms with E-state index in [-0.39, 0.29) is 0 Å². The van der Waals surface area contributed by atoms with Crippen LogP contribution in [0.3, 0.4) is 0 Å². The fraction of sp³-hybridized carbons (Fsp3) is 0. The molecule has 5 aromatic heterocycles. The molecule has 14 aromatic rings. The van der Waals surface area contributed by atoms with Crippen molar-refractivity contribution in [1.29, 1.82) is 0 Å². The Morgan fingerprint density at radius 3 is 0.891 bits per heavy atom. The van der Waals surface area contributed by atoms with E-state index in [0.29, 0.717) is 5.82 Å². The van der Waals surface area contributed by atoms with Crippen LogP contribution in [-0.4, -0.2) is 28.2 Å². The van der Waals surface area contributed by atoms with Crippen LogP contribution in [0.1, 0.15) is 0 Å². The van der Waals surface area contributed by atoms with E-state index < -0.39 is 0 Å². The van der Waals surface area contributed by atoms with Gasteiger partial charge in [0.25, 0.3) is 0 Å². The van der Waals surface area contributed by atoms with Gasteiger partial charge in [0, 0.05) is 83.8 Å². The Hall–Kier alpha value is -8.74. The van der Waals surface area contributed by atoms with E-state index in [0.717, 1.165) is 50.4 Å². The molecule has 0 bridgehead atoms. The molecule has 0 fully saturated rings. The van der Waals surface area contributed by atoms with Crippen LogP contribution in [0.5, 0.6) is 0 Å². The highest BCUT2D eigenvalue weighted by atomic mass is 15.0. The van der Waals surface area contributed by atoms with E-state index in [1.165, 1.54) is 65.2 Å². The number of nitrogens with zero attached hydrogens (tertiary/aromatic N) is 6. The number of hydrogen-bond acceptors (Lipinski definition) is 2. The molecule has 0 saturated carbocycles. The van der Waals surface area contributed by atoms with Crippen LogP contribution < -0.4 is 0 Å². The van der Waals surface area contributed by atoms with Gasteiger partial charge in [-0.15, -0.1) is 0 Å². The molecule has 0 spiro atoms. The molecule has 0 N–H and O–H groups in total. The lowest BCUT2D eigenvalue weighted by atomic mass is 10.1. The number of benzene rings is 9. The Bertz CT molecular complexity index is 3840. The minimum Gasteiger partial charge on any atom is -0.309 e. The molecule has 0 aliphatic carbocycles. The zero-order chi connectivity index (χ0) is 41.9. The van der Waals surface area contributed by atoms with Gasteiger partial charge in [-0.2, -0.15) is 0 Å². The van der Waals surface area contributed by atoms with Gasteiger partial charge in [0.15, 0.2) is 5.82 Å². The molecule has 0 radical (unpaired) electrons. The van der Waals surface area contributed by atoms with Gasteiger partial charge in [0.2, 0.25) is 0 Å². The quantitative estimate of drug-likeness (QED) is 0.174. The molecule has 0 aliphatic heterocycles. The first-order chi connectivity index (χ1) is 31.8. The molecule has 0 unspecified atom stereocenters. The number of hydrogen-bond donors (Lipinski definition) is 0. The van der Waals surface area contributed by atoms with E-state index in [1.54, 1.807) is 0 Å². The van der Waals surface area contributed by atoms with Crippen molar-refractivity contribution in [3.8, 4) is 34.1 Å². The van der Waals surface area contributed by atoms with E-state index in [2.05, 4.69) is 218 Å². The molecule has 6 nitrogen and oxygen atoms in total. The fourth-order valence-corrected chi connectivity index (χ4v) is 10.6. The zero-order valence-electron chi connectivity index (χ0n) is 34.5. The summed E-state index contributed by atoms with van der Waals surface area (Å²) >= 11 is 0. The first-order valence-electron chi connectivity index (χ1n) is 21.7. The monoisotopic (exact) mass is 816 g/mol. The molecule has 0 atom stereocenters. The topological polar surface area (TPSA) is 45.5 Å². The minimum atomic E-state index is 0.675. The average Bonchev–Trinajstić information content (AvgIpc) is 4.09. The highest BCUT2D eigenvalue weighted by Gasteiger charge is 2.21. The zero-order valence-corrected chi connectivity index (χ0v) is 34.5. The molecule has 5 heterocycles. The third-order valence-electron chi connectivity index (χ3n) is 13.2. The van der Waals surface area contributed by atoms with Crippen molar-refractivity contribution in [2.45, 2.75) is 0 Å². The van der Waals surface area contributed by atoms with Gasteiger partial charge in [0.05, 0.1) is 44.1 Å². The molecular weight excluding hydrogens is 781 g/mol. The van der Waals surface area contributed by atoms with Crippen LogP contribution in [0.2, 0.25) is 0 Å². The van der Waals surface area contributed by atoms with Gasteiger partial charge in [0.1, 0.15) is 0 Å². The fourth-order valence-electron chi connectivity index (χ4n) is 10.6. The lowest BCUT2D eigenvalue weighted by molar-refractivity contribution is 1.12. The van der Waals surface area contributed by atoms with Crippen molar-refractivity contribution in [1.82, 2.24) is 28.2 Å². The maximum absolute atomic E-state index is 4.79. The first kappa shape index (κ1) is 34.9. The lowest BCUT2D eigenvalue weighted by Crippen LogP contribution is -2.01. The molecule has 298 valence electrons. The Balaban J connectivity index is 1.01. The summed E-state index contributed by atoms with van der Waals surface area (Å²) in [5, 5.41) is 9.76. The summed E-state index contributed by atoms with van der Waals surface area (Å²) in [6.07, 6.45) is 3.64. The molecule has 14 rings (SSSR count). The van der Waals surface area contributed by atoms with Gasteiger partial charge in [-0.25, -0.2) is 9.97 Å². The molecule has 9 aromatic carbocycles. The Kier molecular flexibility index (Phi) is 7.30. The molecule has 64 heavy (non-hydrogen) atoms. The SMILES string of the molecule is c1cnc(-c2cc(-n3c4ccccc4c4cc(-n5c6ccccc6c6ccccc65)ccc43)cc(-n3c4ccccc4c4cc(-n5c6ccccc6c6ccccc65)ccc43)c2)nc1. The second kappa shape index (κ2) is 13.4.